The van der Waals surface area contributed by atoms with Crippen LogP contribution < -0.4 is 0 Å². The molecular formula is C33H77N5Si3U. The van der Waals surface area contributed by atoms with Crippen LogP contribution in [0.2, 0.25) is 49.9 Å². The summed E-state index contributed by atoms with van der Waals surface area (Å²) in [6.07, 6.45) is 0. The quantitative estimate of drug-likeness (QED) is 0.106. The maximum atomic E-state index is 5.63. The molecule has 0 heterocycles. The monoisotopic (exact) mass is 866 g/mol. The van der Waals surface area contributed by atoms with Gasteiger partial charge in [0.25, 0.3) is 0 Å². The minimum Gasteiger partial charge on any atom is -0.693 e. The molecule has 9 heteroatoms. The van der Waals surface area contributed by atoms with E-state index in [1.54, 1.807) is 0 Å². The van der Waals surface area contributed by atoms with E-state index in [1.165, 1.54) is 0 Å². The summed E-state index contributed by atoms with van der Waals surface area (Å²) in [5.74, 6) is 0. The molecule has 0 amide bonds. The van der Waals surface area contributed by atoms with Gasteiger partial charge in [0, 0.05) is 0 Å². The zero-order valence-corrected chi connectivity index (χ0v) is 39.0. The molecule has 0 aromatic carbocycles. The number of hydrogen-bond acceptors (Lipinski definition) is 1. The summed E-state index contributed by atoms with van der Waals surface area (Å²) in [5, 5.41) is 0. The van der Waals surface area contributed by atoms with Crippen LogP contribution in [0.1, 0.15) is 125 Å². The van der Waals surface area contributed by atoms with Crippen molar-refractivity contribution in [1.29, 1.82) is 0 Å². The average Bonchev–Trinajstić information content (AvgIpc) is 2.79. The standard InChI is InChI=1S/C33H75N4Si3.H2N.U/c1-25(2)38(26(3)4,27(5)6)34-19-22-37(23-20-35-39(28(7)8,29(9)10)30(11)12)24-21-36-40(31(13)14,32(15)16)33(17)18;;/h25-33H,19-24H2,1-18H3;1H2;/q-3;-1;+4. The Kier molecular flexibility index (Phi) is 24.4. The van der Waals surface area contributed by atoms with Gasteiger partial charge in [-0.2, -0.15) is 0 Å². The smallest absolute Gasteiger partial charge is 0.693 e. The SMILES string of the molecule is CC(C)[Si]([N-]CCN(CC[N-][Si](C(C)C)(C(C)C)C(C)C)CC[N-][Si](C(C)C)(C(C)C)C(C)C)(C(C)C)C(C)C.[NH2-].[U+4]. The van der Waals surface area contributed by atoms with Crippen molar-refractivity contribution in [3.05, 3.63) is 21.1 Å². The van der Waals surface area contributed by atoms with Gasteiger partial charge in [-0.05, 0) is 44.3 Å². The molecule has 0 bridgehead atoms. The largest absolute Gasteiger partial charge is 4.00 e. The zero-order chi connectivity index (χ0) is 31.6. The van der Waals surface area contributed by atoms with Crippen molar-refractivity contribution in [3.63, 3.8) is 0 Å². The van der Waals surface area contributed by atoms with Gasteiger partial charge in [0.1, 0.15) is 0 Å². The van der Waals surface area contributed by atoms with Gasteiger partial charge in [-0.25, -0.2) is 0 Å². The Labute approximate surface area is 293 Å². The van der Waals surface area contributed by atoms with Crippen LogP contribution in [-0.4, -0.2) is 68.9 Å². The van der Waals surface area contributed by atoms with E-state index >= 15 is 0 Å². The van der Waals surface area contributed by atoms with Crippen LogP contribution in [0.15, 0.2) is 0 Å². The molecule has 0 aromatic heterocycles. The molecule has 0 radical (unpaired) electrons. The van der Waals surface area contributed by atoms with E-state index in [1.807, 2.05) is 0 Å². The molecule has 0 aromatic rings. The van der Waals surface area contributed by atoms with E-state index in [0.717, 1.165) is 39.3 Å². The summed E-state index contributed by atoms with van der Waals surface area (Å²) in [7, 11) is -5.22. The third-order valence-corrected chi connectivity index (χ3v) is 29.7. The Morgan fingerprint density at radius 3 is 0.619 bits per heavy atom. The molecule has 0 rings (SSSR count). The Balaban J connectivity index is -0.00000760. The van der Waals surface area contributed by atoms with Crippen LogP contribution in [0, 0.1) is 31.1 Å². The maximum Gasteiger partial charge on any atom is 4.00 e. The van der Waals surface area contributed by atoms with Crippen molar-refractivity contribution in [2.75, 3.05) is 39.3 Å². The molecule has 0 saturated carbocycles. The van der Waals surface area contributed by atoms with Crippen LogP contribution in [0.5, 0.6) is 0 Å². The van der Waals surface area contributed by atoms with E-state index in [2.05, 4.69) is 130 Å². The predicted molar refractivity (Wildman–Crippen MR) is 200 cm³/mol. The minimum absolute atomic E-state index is 0. The fraction of sp³-hybridized carbons (Fsp3) is 1.00. The van der Waals surface area contributed by atoms with Gasteiger partial charge in [-0.1, -0.05) is 174 Å². The van der Waals surface area contributed by atoms with Gasteiger partial charge in [0.05, 0.1) is 0 Å². The summed E-state index contributed by atoms with van der Waals surface area (Å²) < 4.78 is 0. The van der Waals surface area contributed by atoms with Crippen LogP contribution >= 0.6 is 0 Å². The normalized spacial score (nSPS) is 13.7. The van der Waals surface area contributed by atoms with Crippen molar-refractivity contribution in [1.82, 2.24) is 4.90 Å². The van der Waals surface area contributed by atoms with E-state index in [9.17, 15) is 0 Å². The van der Waals surface area contributed by atoms with Gasteiger partial charge < -0.3 is 26.0 Å². The van der Waals surface area contributed by atoms with Gasteiger partial charge >= 0.3 is 31.1 Å². The second-order valence-corrected chi connectivity index (χ2v) is 32.2. The summed E-state index contributed by atoms with van der Waals surface area (Å²) >= 11 is 0. The topological polar surface area (TPSA) is 79.0 Å². The summed E-state index contributed by atoms with van der Waals surface area (Å²) in [6.45, 7) is 49.7. The molecule has 0 aliphatic carbocycles. The van der Waals surface area contributed by atoms with Crippen molar-refractivity contribution >= 4 is 24.7 Å². The summed E-state index contributed by atoms with van der Waals surface area (Å²) in [6, 6.07) is 0. The van der Waals surface area contributed by atoms with E-state index in [4.69, 9.17) is 14.9 Å². The molecule has 0 spiro atoms. The summed E-state index contributed by atoms with van der Waals surface area (Å²) in [5.41, 5.74) is 6.09. The fourth-order valence-corrected chi connectivity index (χ4v) is 25.9. The van der Waals surface area contributed by atoms with Crippen molar-refractivity contribution < 1.29 is 31.1 Å². The van der Waals surface area contributed by atoms with Crippen molar-refractivity contribution in [2.24, 2.45) is 0 Å². The third kappa shape index (κ3) is 11.6. The van der Waals surface area contributed by atoms with Crippen molar-refractivity contribution in [2.45, 2.75) is 174 Å². The summed E-state index contributed by atoms with van der Waals surface area (Å²) in [4.78, 5) is 19.6. The maximum absolute atomic E-state index is 5.63. The Morgan fingerprint density at radius 2 is 0.500 bits per heavy atom. The second-order valence-electron chi connectivity index (χ2n) is 15.5. The first-order valence-corrected chi connectivity index (χ1v) is 23.6. The number of nitrogens with zero attached hydrogens (tertiary/aromatic N) is 4. The molecule has 5 nitrogen and oxygen atoms in total. The third-order valence-electron chi connectivity index (χ3n) is 10.7. The molecule has 2 N–H and O–H groups in total. The number of nitrogens with two attached hydrogens (primary N) is 1. The molecule has 0 fully saturated rings. The number of rotatable bonds is 21. The van der Waals surface area contributed by atoms with E-state index in [0.29, 0.717) is 49.9 Å². The molecule has 0 aliphatic heterocycles. The Hall–Kier alpha value is 1.50. The van der Waals surface area contributed by atoms with Crippen LogP contribution in [0.4, 0.5) is 0 Å². The molecular weight excluding hydrogens is 789 g/mol. The Bertz CT molecular complexity index is 529. The molecule has 0 atom stereocenters. The van der Waals surface area contributed by atoms with Crippen molar-refractivity contribution in [3.8, 4) is 0 Å². The molecule has 0 saturated heterocycles. The average molecular weight is 866 g/mol. The Morgan fingerprint density at radius 1 is 0.357 bits per heavy atom. The molecule has 250 valence electrons. The van der Waals surface area contributed by atoms with Crippen LogP contribution in [-0.2, 0) is 0 Å². The number of hydrogen-bond donors (Lipinski definition) is 0. The molecule has 0 unspecified atom stereocenters. The molecule has 42 heavy (non-hydrogen) atoms. The van der Waals surface area contributed by atoms with E-state index < -0.39 is 24.7 Å². The first-order valence-electron chi connectivity index (χ1n) is 17.1. The predicted octanol–water partition coefficient (Wildman–Crippen LogP) is 12.7. The van der Waals surface area contributed by atoms with Gasteiger partial charge in [0.15, 0.2) is 0 Å². The minimum atomic E-state index is -1.74. The van der Waals surface area contributed by atoms with Crippen LogP contribution in [0.25, 0.3) is 21.1 Å². The van der Waals surface area contributed by atoms with Gasteiger partial charge in [-0.15, -0.1) is 19.6 Å². The molecule has 0 aliphatic rings. The van der Waals surface area contributed by atoms with Gasteiger partial charge in [0.2, 0.25) is 0 Å². The van der Waals surface area contributed by atoms with E-state index in [-0.39, 0.29) is 37.3 Å². The zero-order valence-electron chi connectivity index (χ0n) is 31.8. The first kappa shape index (κ1) is 47.9. The fourth-order valence-electron chi connectivity index (χ4n) is 9.13. The first-order chi connectivity index (χ1) is 18.3. The van der Waals surface area contributed by atoms with Crippen LogP contribution in [0.3, 0.4) is 0 Å². The van der Waals surface area contributed by atoms with Gasteiger partial charge in [-0.3, -0.25) is 0 Å². The second kappa shape index (κ2) is 21.4.